The minimum atomic E-state index is -4.70. The van der Waals surface area contributed by atoms with Crippen LogP contribution in [0, 0.1) is 0 Å². The van der Waals surface area contributed by atoms with Crippen molar-refractivity contribution < 1.29 is 23.0 Å². The average molecular weight is 443 g/mol. The quantitative estimate of drug-likeness (QED) is 0.570. The largest absolute Gasteiger partial charge is 0.573 e. The minimum Gasteiger partial charge on any atom is -0.508 e. The van der Waals surface area contributed by atoms with Gasteiger partial charge < -0.3 is 9.84 Å². The van der Waals surface area contributed by atoms with Gasteiger partial charge in [0.1, 0.15) is 17.3 Å². The Morgan fingerprint density at radius 2 is 1.72 bits per heavy atom. The molecular formula is C24H24F3N3O2. The second-order valence-corrected chi connectivity index (χ2v) is 8.21. The fourth-order valence-electron chi connectivity index (χ4n) is 3.80. The number of ether oxygens (including phenoxy) is 1. The number of phenolic OH excluding ortho intramolecular Hbond substituents is 1. The zero-order valence-corrected chi connectivity index (χ0v) is 17.9. The number of fused-ring (bicyclic) bond motifs is 1. The molecule has 4 rings (SSSR count). The van der Waals surface area contributed by atoms with E-state index >= 15 is 0 Å². The number of phenols is 1. The van der Waals surface area contributed by atoms with Gasteiger partial charge in [-0.1, -0.05) is 26.0 Å². The Balaban J connectivity index is 1.58. The zero-order chi connectivity index (χ0) is 22.9. The summed E-state index contributed by atoms with van der Waals surface area (Å²) in [6.45, 7) is 6.13. The number of nitrogens with zero attached hydrogens (tertiary/aromatic N) is 3. The highest BCUT2D eigenvalue weighted by molar-refractivity contribution is 5.65. The van der Waals surface area contributed by atoms with E-state index in [-0.39, 0.29) is 17.4 Å². The number of rotatable bonds is 5. The van der Waals surface area contributed by atoms with Gasteiger partial charge in [0.25, 0.3) is 0 Å². The molecule has 0 spiro atoms. The highest BCUT2D eigenvalue weighted by Gasteiger charge is 2.31. The molecule has 0 atom stereocenters. The summed E-state index contributed by atoms with van der Waals surface area (Å²) in [5.74, 6) is 0.946. The van der Waals surface area contributed by atoms with E-state index in [9.17, 15) is 18.3 Å². The summed E-state index contributed by atoms with van der Waals surface area (Å²) in [5.41, 5.74) is 4.74. The third kappa shape index (κ3) is 5.19. The van der Waals surface area contributed by atoms with Crippen molar-refractivity contribution >= 4 is 0 Å². The number of benzene rings is 2. The maximum Gasteiger partial charge on any atom is 0.573 e. The minimum absolute atomic E-state index is 0.187. The van der Waals surface area contributed by atoms with Crippen LogP contribution in [0.2, 0.25) is 0 Å². The molecular weight excluding hydrogens is 419 g/mol. The van der Waals surface area contributed by atoms with Crippen LogP contribution in [0.25, 0.3) is 11.3 Å². The van der Waals surface area contributed by atoms with Crippen LogP contribution in [0.15, 0.2) is 48.5 Å². The summed E-state index contributed by atoms with van der Waals surface area (Å²) in [6, 6.07) is 12.9. The molecule has 8 heteroatoms. The van der Waals surface area contributed by atoms with E-state index in [4.69, 9.17) is 9.97 Å². The molecule has 3 aromatic rings. The molecule has 0 bridgehead atoms. The van der Waals surface area contributed by atoms with Gasteiger partial charge in [-0.05, 0) is 42.0 Å². The maximum absolute atomic E-state index is 12.4. The number of hydrogen-bond donors (Lipinski definition) is 1. The molecule has 0 amide bonds. The zero-order valence-electron chi connectivity index (χ0n) is 17.9. The second kappa shape index (κ2) is 8.78. The standard InChI is InChI=1S/C24H24F3N3O2/c1-15(2)23-28-21-11-12-30(13-16-3-9-19(10-4-16)32-24(25,26)27)14-20(21)22(29-23)17-5-7-18(31)8-6-17/h3-10,15,31H,11-14H2,1-2H3. The predicted molar refractivity (Wildman–Crippen MR) is 114 cm³/mol. The van der Waals surface area contributed by atoms with Gasteiger partial charge in [-0.2, -0.15) is 0 Å². The van der Waals surface area contributed by atoms with E-state index in [0.29, 0.717) is 13.1 Å². The Labute approximate surface area is 184 Å². The monoisotopic (exact) mass is 443 g/mol. The molecule has 0 saturated carbocycles. The van der Waals surface area contributed by atoms with Crippen molar-refractivity contribution in [2.24, 2.45) is 0 Å². The van der Waals surface area contributed by atoms with E-state index in [1.165, 1.54) is 12.1 Å². The predicted octanol–water partition coefficient (Wildman–Crippen LogP) is 5.43. The van der Waals surface area contributed by atoms with Crippen molar-refractivity contribution in [3.05, 3.63) is 71.2 Å². The lowest BCUT2D eigenvalue weighted by Gasteiger charge is -2.30. The molecule has 0 fully saturated rings. The van der Waals surface area contributed by atoms with Crippen LogP contribution in [0.1, 0.15) is 42.4 Å². The smallest absolute Gasteiger partial charge is 0.508 e. The van der Waals surface area contributed by atoms with Gasteiger partial charge in [0.15, 0.2) is 0 Å². The third-order valence-electron chi connectivity index (χ3n) is 5.38. The number of halogens is 3. The lowest BCUT2D eigenvalue weighted by atomic mass is 9.98. The van der Waals surface area contributed by atoms with Crippen molar-refractivity contribution in [3.8, 4) is 22.8 Å². The second-order valence-electron chi connectivity index (χ2n) is 8.21. The molecule has 1 aliphatic rings. The molecule has 1 N–H and O–H groups in total. The molecule has 2 aromatic carbocycles. The Hall–Kier alpha value is -3.13. The van der Waals surface area contributed by atoms with Crippen LogP contribution in [0.4, 0.5) is 13.2 Å². The summed E-state index contributed by atoms with van der Waals surface area (Å²) in [7, 11) is 0. The first kappa shape index (κ1) is 22.1. The van der Waals surface area contributed by atoms with Crippen LogP contribution in [-0.4, -0.2) is 32.9 Å². The van der Waals surface area contributed by atoms with Gasteiger partial charge in [0.2, 0.25) is 0 Å². The molecule has 32 heavy (non-hydrogen) atoms. The van der Waals surface area contributed by atoms with Gasteiger partial charge in [0, 0.05) is 43.1 Å². The van der Waals surface area contributed by atoms with Crippen molar-refractivity contribution in [2.75, 3.05) is 6.54 Å². The number of alkyl halides is 3. The summed E-state index contributed by atoms with van der Waals surface area (Å²) in [6.07, 6.45) is -3.94. The average Bonchev–Trinajstić information content (AvgIpc) is 2.74. The van der Waals surface area contributed by atoms with Gasteiger partial charge in [-0.25, -0.2) is 9.97 Å². The van der Waals surface area contributed by atoms with Gasteiger partial charge in [-0.3, -0.25) is 4.90 Å². The van der Waals surface area contributed by atoms with E-state index in [1.54, 1.807) is 24.3 Å². The first-order valence-electron chi connectivity index (χ1n) is 10.4. The molecule has 0 aliphatic carbocycles. The van der Waals surface area contributed by atoms with Gasteiger partial charge in [0.05, 0.1) is 11.4 Å². The highest BCUT2D eigenvalue weighted by Crippen LogP contribution is 2.31. The topological polar surface area (TPSA) is 58.5 Å². The van der Waals surface area contributed by atoms with Crippen LogP contribution >= 0.6 is 0 Å². The molecule has 5 nitrogen and oxygen atoms in total. The highest BCUT2D eigenvalue weighted by atomic mass is 19.4. The fraction of sp³-hybridized carbons (Fsp3) is 0.333. The summed E-state index contributed by atoms with van der Waals surface area (Å²) < 4.78 is 41.1. The molecule has 168 valence electrons. The molecule has 0 saturated heterocycles. The van der Waals surface area contributed by atoms with E-state index in [2.05, 4.69) is 23.5 Å². The van der Waals surface area contributed by atoms with Crippen molar-refractivity contribution in [1.82, 2.24) is 14.9 Å². The number of aromatic hydroxyl groups is 1. The van der Waals surface area contributed by atoms with Crippen molar-refractivity contribution in [2.45, 2.75) is 45.6 Å². The number of hydrogen-bond acceptors (Lipinski definition) is 5. The van der Waals surface area contributed by atoms with Gasteiger partial charge >= 0.3 is 6.36 Å². The van der Waals surface area contributed by atoms with E-state index in [0.717, 1.165) is 46.9 Å². The first-order chi connectivity index (χ1) is 15.2. The Morgan fingerprint density at radius 3 is 2.34 bits per heavy atom. The Kier molecular flexibility index (Phi) is 6.06. The first-order valence-corrected chi connectivity index (χ1v) is 10.4. The lowest BCUT2D eigenvalue weighted by molar-refractivity contribution is -0.274. The lowest BCUT2D eigenvalue weighted by Crippen LogP contribution is -2.32. The third-order valence-corrected chi connectivity index (χ3v) is 5.38. The number of aromatic nitrogens is 2. The molecule has 1 aromatic heterocycles. The van der Waals surface area contributed by atoms with Crippen molar-refractivity contribution in [1.29, 1.82) is 0 Å². The molecule has 0 radical (unpaired) electrons. The van der Waals surface area contributed by atoms with E-state index in [1.807, 2.05) is 12.1 Å². The maximum atomic E-state index is 12.4. The van der Waals surface area contributed by atoms with Crippen LogP contribution < -0.4 is 4.74 Å². The summed E-state index contributed by atoms with van der Waals surface area (Å²) >= 11 is 0. The van der Waals surface area contributed by atoms with Crippen LogP contribution in [0.5, 0.6) is 11.5 Å². The molecule has 2 heterocycles. The molecule has 1 aliphatic heterocycles. The van der Waals surface area contributed by atoms with E-state index < -0.39 is 6.36 Å². The van der Waals surface area contributed by atoms with Crippen LogP contribution in [-0.2, 0) is 19.5 Å². The summed E-state index contributed by atoms with van der Waals surface area (Å²) in [5, 5.41) is 9.66. The summed E-state index contributed by atoms with van der Waals surface area (Å²) in [4.78, 5) is 11.9. The van der Waals surface area contributed by atoms with Crippen LogP contribution in [0.3, 0.4) is 0 Å². The normalized spacial score (nSPS) is 14.4. The van der Waals surface area contributed by atoms with Crippen molar-refractivity contribution in [3.63, 3.8) is 0 Å². The Morgan fingerprint density at radius 1 is 1.03 bits per heavy atom. The fourth-order valence-corrected chi connectivity index (χ4v) is 3.80. The molecule has 0 unspecified atom stereocenters. The Bertz CT molecular complexity index is 1080. The SMILES string of the molecule is CC(C)c1nc2c(c(-c3ccc(O)cc3)n1)CN(Cc1ccc(OC(F)(F)F)cc1)CC2. The van der Waals surface area contributed by atoms with Gasteiger partial charge in [-0.15, -0.1) is 13.2 Å².